The van der Waals surface area contributed by atoms with E-state index in [2.05, 4.69) is 41.5 Å². The predicted molar refractivity (Wildman–Crippen MR) is 93.4 cm³/mol. The third-order valence-corrected chi connectivity index (χ3v) is 4.58. The number of aryl methyl sites for hydroxylation is 1. The Morgan fingerprint density at radius 3 is 2.65 bits per heavy atom. The highest BCUT2D eigenvalue weighted by Gasteiger charge is 2.29. The number of hydrogen-bond acceptors (Lipinski definition) is 3. The van der Waals surface area contributed by atoms with Gasteiger partial charge in [0.15, 0.2) is 5.78 Å². The molecule has 0 bridgehead atoms. The molecule has 0 spiro atoms. The Morgan fingerprint density at radius 2 is 1.83 bits per heavy atom. The van der Waals surface area contributed by atoms with Gasteiger partial charge in [0.25, 0.3) is 0 Å². The van der Waals surface area contributed by atoms with E-state index in [4.69, 9.17) is 0 Å². The van der Waals surface area contributed by atoms with Crippen molar-refractivity contribution in [1.29, 1.82) is 0 Å². The first-order valence-electron chi connectivity index (χ1n) is 7.94. The summed E-state index contributed by atoms with van der Waals surface area (Å²) < 4.78 is 0. The second-order valence-corrected chi connectivity index (χ2v) is 6.23. The monoisotopic (exact) mass is 302 g/mol. The van der Waals surface area contributed by atoms with E-state index in [-0.39, 0.29) is 11.7 Å². The molecule has 0 aromatic heterocycles. The topological polar surface area (TPSA) is 41.5 Å². The van der Waals surface area contributed by atoms with Gasteiger partial charge in [-0.1, -0.05) is 42.0 Å². The number of Topliss-reactive ketones (excluding diaryl/α,β-unsaturated/α-hetero) is 1. The molecule has 4 rings (SSSR count). The van der Waals surface area contributed by atoms with Crippen LogP contribution in [0.1, 0.15) is 29.9 Å². The first-order valence-corrected chi connectivity index (χ1v) is 7.94. The van der Waals surface area contributed by atoms with E-state index in [1.165, 1.54) is 11.1 Å². The van der Waals surface area contributed by atoms with Gasteiger partial charge in [-0.3, -0.25) is 9.79 Å². The van der Waals surface area contributed by atoms with Gasteiger partial charge in [0.05, 0.1) is 16.9 Å². The van der Waals surface area contributed by atoms with E-state index in [9.17, 15) is 4.79 Å². The lowest BCUT2D eigenvalue weighted by Crippen LogP contribution is -2.22. The van der Waals surface area contributed by atoms with Gasteiger partial charge >= 0.3 is 0 Å². The van der Waals surface area contributed by atoms with E-state index in [1.807, 2.05) is 24.3 Å². The van der Waals surface area contributed by atoms with Gasteiger partial charge in [0.1, 0.15) is 0 Å². The largest absolute Gasteiger partial charge is 0.356 e. The van der Waals surface area contributed by atoms with Crippen molar-refractivity contribution in [3.63, 3.8) is 0 Å². The molecule has 1 aliphatic carbocycles. The van der Waals surface area contributed by atoms with Crippen molar-refractivity contribution >= 4 is 23.4 Å². The summed E-state index contributed by atoms with van der Waals surface area (Å²) in [6, 6.07) is 16.4. The van der Waals surface area contributed by atoms with Crippen LogP contribution < -0.4 is 5.32 Å². The second kappa shape index (κ2) is 5.51. The van der Waals surface area contributed by atoms with Crippen LogP contribution in [0.25, 0.3) is 0 Å². The standard InChI is InChI=1S/C20H18N2O/c1-13-6-8-14(9-7-13)15-10-19-16(20(23)11-15)12-21-17-4-2-3-5-18(17)22-19/h2-9,12,15,22H,10-11H2,1H3/t15-/m1/s1. The summed E-state index contributed by atoms with van der Waals surface area (Å²) in [6.07, 6.45) is 3.11. The van der Waals surface area contributed by atoms with Gasteiger partial charge in [-0.05, 0) is 37.0 Å². The van der Waals surface area contributed by atoms with Gasteiger partial charge in [-0.15, -0.1) is 0 Å². The number of allylic oxidation sites excluding steroid dienone is 2. The molecule has 1 atom stereocenters. The Kier molecular flexibility index (Phi) is 3.34. The maximum Gasteiger partial charge on any atom is 0.166 e. The Bertz CT molecular complexity index is 831. The van der Waals surface area contributed by atoms with Crippen LogP contribution in [0.5, 0.6) is 0 Å². The molecule has 0 unspecified atom stereocenters. The van der Waals surface area contributed by atoms with E-state index in [1.54, 1.807) is 6.21 Å². The molecule has 114 valence electrons. The number of hydrogen-bond donors (Lipinski definition) is 1. The highest BCUT2D eigenvalue weighted by atomic mass is 16.1. The molecule has 0 radical (unpaired) electrons. The van der Waals surface area contributed by atoms with E-state index in [0.717, 1.165) is 29.1 Å². The first-order chi connectivity index (χ1) is 11.2. The SMILES string of the molecule is Cc1ccc([C@H]2CC(=O)C3=C(C2)Nc2ccccc2N=C3)cc1. The number of aliphatic imine (C=N–C) groups is 1. The summed E-state index contributed by atoms with van der Waals surface area (Å²) in [5.74, 6) is 0.397. The van der Waals surface area contributed by atoms with Crippen molar-refractivity contribution < 1.29 is 4.79 Å². The number of para-hydroxylation sites is 2. The van der Waals surface area contributed by atoms with Gasteiger partial charge in [0.2, 0.25) is 0 Å². The number of carbonyl (C=O) groups is 1. The fourth-order valence-corrected chi connectivity index (χ4v) is 3.26. The highest BCUT2D eigenvalue weighted by Crippen LogP contribution is 2.38. The summed E-state index contributed by atoms with van der Waals surface area (Å²) in [5, 5.41) is 3.44. The molecule has 0 amide bonds. The van der Waals surface area contributed by atoms with Gasteiger partial charge in [-0.2, -0.15) is 0 Å². The van der Waals surface area contributed by atoms with Gasteiger partial charge in [-0.25, -0.2) is 0 Å². The minimum Gasteiger partial charge on any atom is -0.356 e. The molecular formula is C20H18N2O. The van der Waals surface area contributed by atoms with Crippen molar-refractivity contribution in [3.8, 4) is 0 Å². The number of fused-ring (bicyclic) bond motifs is 1. The minimum absolute atomic E-state index is 0.167. The molecule has 0 saturated heterocycles. The number of nitrogens with one attached hydrogen (secondary N) is 1. The van der Waals surface area contributed by atoms with Crippen LogP contribution in [-0.2, 0) is 4.79 Å². The maximum atomic E-state index is 12.6. The molecule has 2 aromatic carbocycles. The van der Waals surface area contributed by atoms with Crippen LogP contribution >= 0.6 is 0 Å². The zero-order valence-electron chi connectivity index (χ0n) is 13.0. The van der Waals surface area contributed by atoms with Crippen LogP contribution in [0.2, 0.25) is 0 Å². The lowest BCUT2D eigenvalue weighted by atomic mass is 9.82. The Labute approximate surface area is 135 Å². The quantitative estimate of drug-likeness (QED) is 0.841. The van der Waals surface area contributed by atoms with Gasteiger partial charge < -0.3 is 5.32 Å². The fraction of sp³-hybridized carbons (Fsp3) is 0.200. The number of rotatable bonds is 1. The maximum absolute atomic E-state index is 12.6. The highest BCUT2D eigenvalue weighted by molar-refractivity contribution is 6.16. The van der Waals surface area contributed by atoms with Crippen LogP contribution in [0.3, 0.4) is 0 Å². The molecule has 1 N–H and O–H groups in total. The van der Waals surface area contributed by atoms with Gasteiger partial charge in [0, 0.05) is 18.3 Å². The first kappa shape index (κ1) is 13.9. The van der Waals surface area contributed by atoms with Crippen LogP contribution in [0.4, 0.5) is 11.4 Å². The van der Waals surface area contributed by atoms with Crippen molar-refractivity contribution in [3.05, 3.63) is 70.9 Å². The smallest absolute Gasteiger partial charge is 0.166 e. The molecule has 3 nitrogen and oxygen atoms in total. The summed E-state index contributed by atoms with van der Waals surface area (Å²) in [7, 11) is 0. The number of ketones is 1. The Balaban J connectivity index is 1.69. The molecule has 2 aromatic rings. The van der Waals surface area contributed by atoms with Crippen molar-refractivity contribution in [2.75, 3.05) is 5.32 Å². The van der Waals surface area contributed by atoms with Crippen LogP contribution in [-0.4, -0.2) is 12.0 Å². The van der Waals surface area contributed by atoms with E-state index < -0.39 is 0 Å². The number of nitrogens with zero attached hydrogens (tertiary/aromatic N) is 1. The molecule has 0 saturated carbocycles. The summed E-state index contributed by atoms with van der Waals surface area (Å²) in [6.45, 7) is 2.08. The summed E-state index contributed by atoms with van der Waals surface area (Å²) >= 11 is 0. The lowest BCUT2D eigenvalue weighted by molar-refractivity contribution is -0.115. The van der Waals surface area contributed by atoms with E-state index >= 15 is 0 Å². The molecule has 1 heterocycles. The third-order valence-electron chi connectivity index (χ3n) is 4.58. The average Bonchev–Trinajstić information content (AvgIpc) is 2.74. The second-order valence-electron chi connectivity index (χ2n) is 6.23. The lowest BCUT2D eigenvalue weighted by Gasteiger charge is -2.25. The molecule has 0 fully saturated rings. The molecule has 1 aliphatic heterocycles. The summed E-state index contributed by atoms with van der Waals surface area (Å²) in [5.41, 5.74) is 6.02. The molecule has 2 aliphatic rings. The summed E-state index contributed by atoms with van der Waals surface area (Å²) in [4.78, 5) is 17.1. The van der Waals surface area contributed by atoms with Crippen LogP contribution in [0, 0.1) is 6.92 Å². The number of benzene rings is 2. The molecule has 3 heteroatoms. The zero-order valence-corrected chi connectivity index (χ0v) is 13.0. The average molecular weight is 302 g/mol. The van der Waals surface area contributed by atoms with Crippen molar-refractivity contribution in [1.82, 2.24) is 0 Å². The Hall–Kier alpha value is -2.68. The molecule has 23 heavy (non-hydrogen) atoms. The Morgan fingerprint density at radius 1 is 1.04 bits per heavy atom. The third kappa shape index (κ3) is 2.59. The normalized spacial score (nSPS) is 19.7. The van der Waals surface area contributed by atoms with E-state index in [0.29, 0.717) is 6.42 Å². The number of anilines is 1. The molecular weight excluding hydrogens is 284 g/mol. The predicted octanol–water partition coefficient (Wildman–Crippen LogP) is 4.52. The fourth-order valence-electron chi connectivity index (χ4n) is 3.26. The zero-order chi connectivity index (χ0) is 15.8. The van der Waals surface area contributed by atoms with Crippen LogP contribution in [0.15, 0.2) is 64.8 Å². The minimum atomic E-state index is 0.167. The van der Waals surface area contributed by atoms with Crippen molar-refractivity contribution in [2.24, 2.45) is 4.99 Å². The number of carbonyl (C=O) groups excluding carboxylic acids is 1. The van der Waals surface area contributed by atoms with Crippen molar-refractivity contribution in [2.45, 2.75) is 25.7 Å².